The molecule has 156 valence electrons. The van der Waals surface area contributed by atoms with Crippen molar-refractivity contribution in [2.45, 2.75) is 19.1 Å². The van der Waals surface area contributed by atoms with Crippen LogP contribution < -0.4 is 15.7 Å². The summed E-state index contributed by atoms with van der Waals surface area (Å²) in [5.41, 5.74) is 4.67. The summed E-state index contributed by atoms with van der Waals surface area (Å²) in [7, 11) is 1.88. The molecule has 3 rings (SSSR count). The first-order chi connectivity index (χ1) is 13.9. The van der Waals surface area contributed by atoms with Crippen molar-refractivity contribution in [2.24, 2.45) is 7.05 Å². The van der Waals surface area contributed by atoms with Crippen molar-refractivity contribution in [1.29, 1.82) is 0 Å². The molecule has 2 aromatic rings. The normalized spacial score (nSPS) is 16.3. The largest absolute Gasteiger partial charge is 0.391 e. The Morgan fingerprint density at radius 2 is 1.76 bits per heavy atom. The fraction of sp³-hybridized carbons (Fsp3) is 0.421. The van der Waals surface area contributed by atoms with E-state index in [1.807, 2.05) is 43.7 Å². The molecule has 2 atom stereocenters. The number of amides is 3. The Hall–Kier alpha value is -3.11. The number of carbonyl (C=O) groups is 2. The Labute approximate surface area is 168 Å². The maximum atomic E-state index is 12.4. The zero-order valence-electron chi connectivity index (χ0n) is 16.4. The number of nitrogens with one attached hydrogen (secondary N) is 2. The number of aromatic nitrogens is 2. The van der Waals surface area contributed by atoms with E-state index in [9.17, 15) is 14.7 Å². The Morgan fingerprint density at radius 1 is 1.10 bits per heavy atom. The summed E-state index contributed by atoms with van der Waals surface area (Å²) in [6, 6.07) is 6.52. The first-order valence-corrected chi connectivity index (χ1v) is 9.40. The molecule has 0 unspecified atom stereocenters. The van der Waals surface area contributed by atoms with E-state index in [0.717, 1.165) is 16.8 Å². The molecule has 10 heteroatoms. The lowest BCUT2D eigenvalue weighted by atomic mass is 10.1. The number of hydroxylamine groups is 1. The summed E-state index contributed by atoms with van der Waals surface area (Å²) in [5, 5.41) is 25.0. The highest BCUT2D eigenvalue weighted by Crippen LogP contribution is 2.23. The summed E-state index contributed by atoms with van der Waals surface area (Å²) in [6.07, 6.45) is 2.65. The van der Waals surface area contributed by atoms with Crippen molar-refractivity contribution in [2.75, 3.05) is 31.1 Å². The Bertz CT molecular complexity index is 843. The van der Waals surface area contributed by atoms with Gasteiger partial charge in [0, 0.05) is 50.7 Å². The van der Waals surface area contributed by atoms with E-state index in [2.05, 4.69) is 15.3 Å². The van der Waals surface area contributed by atoms with Crippen molar-refractivity contribution < 1.29 is 19.9 Å². The molecule has 1 aromatic carbocycles. The van der Waals surface area contributed by atoms with E-state index in [4.69, 9.17) is 5.21 Å². The lowest BCUT2D eigenvalue weighted by Gasteiger charge is -2.36. The van der Waals surface area contributed by atoms with Gasteiger partial charge in [-0.2, -0.15) is 5.10 Å². The van der Waals surface area contributed by atoms with Gasteiger partial charge < -0.3 is 20.2 Å². The SMILES string of the molecule is C[C@@H](O)[C@H](NC(=O)N1CCN(c2ccc(-c3cnn(C)c3)cc2)CC1)C(=O)NO. The minimum absolute atomic E-state index is 0.453. The van der Waals surface area contributed by atoms with E-state index in [0.29, 0.717) is 26.2 Å². The van der Waals surface area contributed by atoms with Crippen LogP contribution in [-0.4, -0.2) is 75.3 Å². The standard InChI is InChI=1S/C19H26N6O4/c1-13(26)17(18(27)22-29)21-19(28)25-9-7-24(8-10-25)16-5-3-14(4-6-16)15-11-20-23(2)12-15/h3-6,11-13,17,26,29H,7-10H2,1-2H3,(H,21,28)(H,22,27)/t13-,17+/m1/s1. The average Bonchev–Trinajstić information content (AvgIpc) is 3.17. The van der Waals surface area contributed by atoms with E-state index in [-0.39, 0.29) is 0 Å². The highest BCUT2D eigenvalue weighted by molar-refractivity contribution is 5.87. The van der Waals surface area contributed by atoms with Crippen LogP contribution in [0.2, 0.25) is 0 Å². The molecule has 1 aliphatic heterocycles. The zero-order chi connectivity index (χ0) is 21.0. The van der Waals surface area contributed by atoms with Crippen molar-refractivity contribution in [3.63, 3.8) is 0 Å². The molecule has 1 aromatic heterocycles. The number of anilines is 1. The molecular weight excluding hydrogens is 376 g/mol. The van der Waals surface area contributed by atoms with Gasteiger partial charge in [0.05, 0.1) is 12.3 Å². The number of aryl methyl sites for hydroxylation is 1. The highest BCUT2D eigenvalue weighted by Gasteiger charge is 2.29. The second kappa shape index (κ2) is 8.93. The van der Waals surface area contributed by atoms with Gasteiger partial charge in [-0.3, -0.25) is 14.7 Å². The molecule has 29 heavy (non-hydrogen) atoms. The topological polar surface area (TPSA) is 123 Å². The van der Waals surface area contributed by atoms with Gasteiger partial charge in [0.1, 0.15) is 6.04 Å². The molecule has 10 nitrogen and oxygen atoms in total. The third kappa shape index (κ3) is 4.84. The number of carbonyl (C=O) groups excluding carboxylic acids is 2. The molecule has 0 spiro atoms. The van der Waals surface area contributed by atoms with Crippen molar-refractivity contribution >= 4 is 17.6 Å². The van der Waals surface area contributed by atoms with Crippen LogP contribution in [0.15, 0.2) is 36.7 Å². The minimum Gasteiger partial charge on any atom is -0.391 e. The fourth-order valence-electron chi connectivity index (χ4n) is 3.30. The number of urea groups is 1. The summed E-state index contributed by atoms with van der Waals surface area (Å²) in [5.74, 6) is -0.860. The molecular formula is C19H26N6O4. The smallest absolute Gasteiger partial charge is 0.318 e. The summed E-state index contributed by atoms with van der Waals surface area (Å²) in [6.45, 7) is 3.61. The molecule has 1 aliphatic rings. The highest BCUT2D eigenvalue weighted by atomic mass is 16.5. The van der Waals surface area contributed by atoms with Crippen LogP contribution in [-0.2, 0) is 11.8 Å². The lowest BCUT2D eigenvalue weighted by Crippen LogP contribution is -2.58. The quantitative estimate of drug-likeness (QED) is 0.418. The van der Waals surface area contributed by atoms with Gasteiger partial charge in [-0.05, 0) is 24.6 Å². The molecule has 4 N–H and O–H groups in total. The Balaban J connectivity index is 1.56. The van der Waals surface area contributed by atoms with Crippen LogP contribution in [0.1, 0.15) is 6.92 Å². The zero-order valence-corrected chi connectivity index (χ0v) is 16.4. The van der Waals surface area contributed by atoms with Crippen molar-refractivity contribution in [3.8, 4) is 11.1 Å². The second-order valence-electron chi connectivity index (χ2n) is 7.07. The first-order valence-electron chi connectivity index (χ1n) is 9.40. The monoisotopic (exact) mass is 402 g/mol. The third-order valence-corrected chi connectivity index (χ3v) is 4.99. The van der Waals surface area contributed by atoms with Crippen LogP contribution in [0.4, 0.5) is 10.5 Å². The van der Waals surface area contributed by atoms with Gasteiger partial charge in [0.2, 0.25) is 0 Å². The van der Waals surface area contributed by atoms with Gasteiger partial charge in [-0.15, -0.1) is 0 Å². The minimum atomic E-state index is -1.22. The van der Waals surface area contributed by atoms with Crippen LogP contribution in [0, 0.1) is 0 Å². The van der Waals surface area contributed by atoms with Crippen LogP contribution in [0.5, 0.6) is 0 Å². The van der Waals surface area contributed by atoms with Gasteiger partial charge in [0.25, 0.3) is 5.91 Å². The number of rotatable bonds is 5. The summed E-state index contributed by atoms with van der Waals surface area (Å²) < 4.78 is 1.76. The number of hydrogen-bond donors (Lipinski definition) is 4. The number of benzene rings is 1. The number of hydrogen-bond acceptors (Lipinski definition) is 6. The van der Waals surface area contributed by atoms with Crippen LogP contribution in [0.3, 0.4) is 0 Å². The fourth-order valence-corrected chi connectivity index (χ4v) is 3.30. The maximum Gasteiger partial charge on any atom is 0.318 e. The molecule has 1 fully saturated rings. The molecule has 1 saturated heterocycles. The predicted molar refractivity (Wildman–Crippen MR) is 106 cm³/mol. The summed E-state index contributed by atoms with van der Waals surface area (Å²) in [4.78, 5) is 27.7. The van der Waals surface area contributed by atoms with E-state index in [1.165, 1.54) is 12.4 Å². The average molecular weight is 402 g/mol. The number of nitrogens with zero attached hydrogens (tertiary/aromatic N) is 4. The number of aliphatic hydroxyl groups excluding tert-OH is 1. The second-order valence-corrected chi connectivity index (χ2v) is 7.07. The molecule has 0 aliphatic carbocycles. The van der Waals surface area contributed by atoms with Crippen molar-refractivity contribution in [1.82, 2.24) is 25.5 Å². The van der Waals surface area contributed by atoms with E-state index >= 15 is 0 Å². The lowest BCUT2D eigenvalue weighted by molar-refractivity contribution is -0.133. The van der Waals surface area contributed by atoms with Crippen LogP contribution in [0.25, 0.3) is 11.1 Å². The predicted octanol–water partition coefficient (Wildman–Crippen LogP) is 0.174. The maximum absolute atomic E-state index is 12.4. The van der Waals surface area contributed by atoms with Gasteiger partial charge in [-0.25, -0.2) is 10.3 Å². The van der Waals surface area contributed by atoms with E-state index in [1.54, 1.807) is 9.58 Å². The van der Waals surface area contributed by atoms with E-state index < -0.39 is 24.1 Å². The number of piperazine rings is 1. The van der Waals surface area contributed by atoms with Crippen LogP contribution >= 0.6 is 0 Å². The molecule has 2 heterocycles. The summed E-state index contributed by atoms with van der Waals surface area (Å²) >= 11 is 0. The molecule has 0 radical (unpaired) electrons. The Kier molecular flexibility index (Phi) is 6.35. The van der Waals surface area contributed by atoms with Crippen molar-refractivity contribution in [3.05, 3.63) is 36.7 Å². The van der Waals surface area contributed by atoms with Gasteiger partial charge >= 0.3 is 6.03 Å². The molecule has 0 bridgehead atoms. The third-order valence-electron chi connectivity index (χ3n) is 4.99. The Morgan fingerprint density at radius 3 is 2.28 bits per heavy atom. The van der Waals surface area contributed by atoms with Gasteiger partial charge in [0.15, 0.2) is 0 Å². The van der Waals surface area contributed by atoms with Gasteiger partial charge in [-0.1, -0.05) is 12.1 Å². The molecule has 0 saturated carbocycles. The number of aliphatic hydroxyl groups is 1. The molecule has 3 amide bonds. The first kappa shape index (κ1) is 20.6.